The number of nitrogens with zero attached hydrogens (tertiary/aromatic N) is 9. The van der Waals surface area contributed by atoms with Crippen LogP contribution in [0.5, 0.6) is 11.6 Å². The monoisotopic (exact) mass is 622 g/mol. The van der Waals surface area contributed by atoms with Crippen LogP contribution in [-0.2, 0) is 11.3 Å². The van der Waals surface area contributed by atoms with Crippen LogP contribution >= 0.6 is 11.6 Å². The van der Waals surface area contributed by atoms with Crippen molar-refractivity contribution in [2.75, 3.05) is 31.6 Å². The standard InChI is InChI=1S/C30H39ClN10O3/c1-20(2)43-29-27(18-41(36-29)25-7-5-24(6-8-25)39-10-12-42-13-11-39)35-30-32-15-23(16-33-30)22-4-9-26(31)28(14-22)44-21(3)17-40-19-34-37-38-40/h4,9,14-16,18-21,24-25H,5-8,10-13,17H2,1-3H3,(H,32,33,35)/t21-,24?,25?/m0/s1. The summed E-state index contributed by atoms with van der Waals surface area (Å²) in [6.07, 6.45) is 11.4. The zero-order chi connectivity index (χ0) is 30.5. The number of tetrazole rings is 1. The van der Waals surface area contributed by atoms with Gasteiger partial charge in [0.2, 0.25) is 5.95 Å². The van der Waals surface area contributed by atoms with Gasteiger partial charge in [0.1, 0.15) is 23.9 Å². The van der Waals surface area contributed by atoms with Crippen LogP contribution in [0.1, 0.15) is 52.5 Å². The van der Waals surface area contributed by atoms with Gasteiger partial charge in [0.25, 0.3) is 5.88 Å². The first-order valence-corrected chi connectivity index (χ1v) is 15.6. The van der Waals surface area contributed by atoms with Crippen molar-refractivity contribution in [3.63, 3.8) is 0 Å². The summed E-state index contributed by atoms with van der Waals surface area (Å²) in [5.74, 6) is 1.57. The van der Waals surface area contributed by atoms with Crippen LogP contribution in [0.3, 0.4) is 0 Å². The van der Waals surface area contributed by atoms with Gasteiger partial charge in [0.15, 0.2) is 0 Å². The molecule has 0 spiro atoms. The molecular formula is C30H39ClN10O3. The third kappa shape index (κ3) is 7.45. The Morgan fingerprint density at radius 1 is 1.00 bits per heavy atom. The lowest BCUT2D eigenvalue weighted by atomic mass is 9.90. The fraction of sp³-hybridized carbons (Fsp3) is 0.533. The molecule has 1 aliphatic carbocycles. The van der Waals surface area contributed by atoms with Crippen molar-refractivity contribution in [1.82, 2.24) is 44.9 Å². The van der Waals surface area contributed by atoms with Crippen molar-refractivity contribution in [3.05, 3.63) is 48.1 Å². The minimum absolute atomic E-state index is 0.0174. The highest BCUT2D eigenvalue weighted by Crippen LogP contribution is 2.35. The van der Waals surface area contributed by atoms with Crippen LogP contribution in [0, 0.1) is 0 Å². The summed E-state index contributed by atoms with van der Waals surface area (Å²) in [7, 11) is 0. The Morgan fingerprint density at radius 3 is 2.45 bits per heavy atom. The number of benzene rings is 1. The number of hydrogen-bond donors (Lipinski definition) is 1. The van der Waals surface area contributed by atoms with Gasteiger partial charge in [-0.25, -0.2) is 14.6 Å². The average molecular weight is 623 g/mol. The average Bonchev–Trinajstić information content (AvgIpc) is 3.69. The molecule has 4 heterocycles. The summed E-state index contributed by atoms with van der Waals surface area (Å²) in [6.45, 7) is 10.2. The Labute approximate surface area is 261 Å². The summed E-state index contributed by atoms with van der Waals surface area (Å²) >= 11 is 6.44. The van der Waals surface area contributed by atoms with Crippen LogP contribution in [0.25, 0.3) is 11.1 Å². The highest BCUT2D eigenvalue weighted by molar-refractivity contribution is 6.32. The van der Waals surface area contributed by atoms with Crippen molar-refractivity contribution in [2.24, 2.45) is 0 Å². The van der Waals surface area contributed by atoms with Gasteiger partial charge < -0.3 is 19.5 Å². The number of morpholine rings is 1. The number of aromatic nitrogens is 8. The van der Waals surface area contributed by atoms with Crippen molar-refractivity contribution in [3.8, 4) is 22.8 Å². The minimum Gasteiger partial charge on any atom is -0.487 e. The van der Waals surface area contributed by atoms with Gasteiger partial charge in [-0.1, -0.05) is 17.7 Å². The predicted octanol–water partition coefficient (Wildman–Crippen LogP) is 4.79. The molecule has 1 N–H and O–H groups in total. The summed E-state index contributed by atoms with van der Waals surface area (Å²) in [5, 5.41) is 19.9. The topological polar surface area (TPSA) is 130 Å². The molecule has 234 valence electrons. The van der Waals surface area contributed by atoms with Crippen molar-refractivity contribution in [2.45, 2.75) is 77.3 Å². The molecule has 0 radical (unpaired) electrons. The fourth-order valence-corrected chi connectivity index (χ4v) is 5.97. The molecule has 1 saturated carbocycles. The number of hydrogen-bond acceptors (Lipinski definition) is 11. The van der Waals surface area contributed by atoms with E-state index in [1.54, 1.807) is 29.5 Å². The maximum atomic E-state index is 6.44. The van der Waals surface area contributed by atoms with Gasteiger partial charge in [0.05, 0.1) is 43.1 Å². The number of rotatable bonds is 11. The summed E-state index contributed by atoms with van der Waals surface area (Å²) < 4.78 is 21.4. The fourth-order valence-electron chi connectivity index (χ4n) is 5.81. The highest BCUT2D eigenvalue weighted by Gasteiger charge is 2.29. The molecule has 4 aromatic rings. The molecule has 0 unspecified atom stereocenters. The molecule has 0 amide bonds. The van der Waals surface area contributed by atoms with Crippen molar-refractivity contribution in [1.29, 1.82) is 0 Å². The molecule has 6 rings (SSSR count). The quantitative estimate of drug-likeness (QED) is 0.248. The van der Waals surface area contributed by atoms with Gasteiger partial charge in [-0.05, 0) is 74.6 Å². The van der Waals surface area contributed by atoms with Crippen LogP contribution in [-0.4, -0.2) is 89.4 Å². The number of nitrogens with one attached hydrogen (secondary N) is 1. The summed E-state index contributed by atoms with van der Waals surface area (Å²) in [5.41, 5.74) is 2.46. The van der Waals surface area contributed by atoms with Crippen LogP contribution < -0.4 is 14.8 Å². The van der Waals surface area contributed by atoms with E-state index in [0.29, 0.717) is 41.2 Å². The molecule has 1 saturated heterocycles. The van der Waals surface area contributed by atoms with Gasteiger partial charge in [-0.3, -0.25) is 9.58 Å². The van der Waals surface area contributed by atoms with E-state index in [1.807, 2.05) is 39.1 Å². The minimum atomic E-state index is -0.197. The van der Waals surface area contributed by atoms with E-state index in [2.05, 4.69) is 40.4 Å². The van der Waals surface area contributed by atoms with E-state index in [9.17, 15) is 0 Å². The lowest BCUT2D eigenvalue weighted by molar-refractivity contribution is 0.00502. The van der Waals surface area contributed by atoms with Gasteiger partial charge in [0, 0.05) is 37.1 Å². The normalized spacial score (nSPS) is 20.0. The molecule has 3 aromatic heterocycles. The van der Waals surface area contributed by atoms with E-state index in [1.165, 1.54) is 0 Å². The lowest BCUT2D eigenvalue weighted by Crippen LogP contribution is -2.45. The van der Waals surface area contributed by atoms with Crippen LogP contribution in [0.15, 0.2) is 43.1 Å². The maximum Gasteiger partial charge on any atom is 0.257 e. The van der Waals surface area contributed by atoms with Crippen molar-refractivity contribution < 1.29 is 14.2 Å². The van der Waals surface area contributed by atoms with Gasteiger partial charge >= 0.3 is 0 Å². The zero-order valence-electron chi connectivity index (χ0n) is 25.3. The van der Waals surface area contributed by atoms with Crippen molar-refractivity contribution >= 4 is 23.2 Å². The van der Waals surface area contributed by atoms with Crippen LogP contribution in [0.4, 0.5) is 11.6 Å². The first-order valence-electron chi connectivity index (χ1n) is 15.3. The molecular weight excluding hydrogens is 584 g/mol. The second-order valence-electron chi connectivity index (χ2n) is 11.6. The Morgan fingerprint density at radius 2 is 1.75 bits per heavy atom. The molecule has 1 aromatic carbocycles. The smallest absolute Gasteiger partial charge is 0.257 e. The first-order chi connectivity index (χ1) is 21.4. The first kappa shape index (κ1) is 30.2. The third-order valence-corrected chi connectivity index (χ3v) is 8.29. The van der Waals surface area contributed by atoms with E-state index < -0.39 is 0 Å². The second-order valence-corrected chi connectivity index (χ2v) is 12.0. The predicted molar refractivity (Wildman–Crippen MR) is 165 cm³/mol. The molecule has 2 fully saturated rings. The molecule has 1 atom stereocenters. The summed E-state index contributed by atoms with van der Waals surface area (Å²) in [4.78, 5) is 11.8. The third-order valence-electron chi connectivity index (χ3n) is 7.97. The van der Waals surface area contributed by atoms with E-state index in [0.717, 1.165) is 68.8 Å². The molecule has 14 heteroatoms. The Balaban J connectivity index is 1.12. The van der Waals surface area contributed by atoms with E-state index in [-0.39, 0.29) is 12.2 Å². The largest absolute Gasteiger partial charge is 0.487 e. The molecule has 1 aliphatic heterocycles. The SMILES string of the molecule is CC(C)Oc1nn(C2CCC(N3CCOCC3)CC2)cc1Nc1ncc(-c2ccc(Cl)c(O[C@@H](C)Cn3cnnn3)c2)cn1. The maximum absolute atomic E-state index is 6.44. The number of halogens is 1. The Bertz CT molecular complexity index is 1480. The van der Waals surface area contributed by atoms with Gasteiger partial charge in [-0.2, -0.15) is 0 Å². The molecule has 0 bridgehead atoms. The molecule has 13 nitrogen and oxygen atoms in total. The molecule has 44 heavy (non-hydrogen) atoms. The highest BCUT2D eigenvalue weighted by atomic mass is 35.5. The Kier molecular flexibility index (Phi) is 9.53. The van der Waals surface area contributed by atoms with E-state index in [4.69, 9.17) is 30.9 Å². The summed E-state index contributed by atoms with van der Waals surface area (Å²) in [6, 6.07) is 6.57. The van der Waals surface area contributed by atoms with Crippen LogP contribution in [0.2, 0.25) is 5.02 Å². The van der Waals surface area contributed by atoms with Gasteiger partial charge in [-0.15, -0.1) is 10.2 Å². The number of anilines is 2. The zero-order valence-corrected chi connectivity index (χ0v) is 26.1. The van der Waals surface area contributed by atoms with E-state index >= 15 is 0 Å². The second kappa shape index (κ2) is 13.9. The Hall–Kier alpha value is -3.81. The molecule has 2 aliphatic rings. The lowest BCUT2D eigenvalue weighted by Gasteiger charge is -2.38. The number of ether oxygens (including phenoxy) is 3.